The normalized spacial score (nSPS) is 13.2. The highest BCUT2D eigenvalue weighted by Crippen LogP contribution is 2.42. The third-order valence-electron chi connectivity index (χ3n) is 3.38. The Hall–Kier alpha value is -1.95. The van der Waals surface area contributed by atoms with Crippen molar-refractivity contribution in [3.05, 3.63) is 35.1 Å². The first-order valence-electron chi connectivity index (χ1n) is 6.65. The maximum absolute atomic E-state index is 6.21. The largest absolute Gasteiger partial charge is 0.486 e. The number of nitrogens with two attached hydrogens (primary N) is 1. The molecule has 2 N–H and O–H groups in total. The van der Waals surface area contributed by atoms with E-state index in [0.717, 1.165) is 27.3 Å². The third-order valence-corrected chi connectivity index (χ3v) is 3.97. The Labute approximate surface area is 131 Å². The zero-order valence-electron chi connectivity index (χ0n) is 11.7. The molecule has 5 nitrogen and oxygen atoms in total. The van der Waals surface area contributed by atoms with Crippen LogP contribution >= 0.6 is 15.9 Å². The van der Waals surface area contributed by atoms with Gasteiger partial charge in [0.15, 0.2) is 11.5 Å². The van der Waals surface area contributed by atoms with Crippen molar-refractivity contribution in [3.63, 3.8) is 0 Å². The van der Waals surface area contributed by atoms with Gasteiger partial charge in [0.1, 0.15) is 30.5 Å². The molecule has 0 atom stereocenters. The highest BCUT2D eigenvalue weighted by molar-refractivity contribution is 9.10. The maximum Gasteiger partial charge on any atom is 0.175 e. The summed E-state index contributed by atoms with van der Waals surface area (Å²) in [6, 6.07) is 3.86. The van der Waals surface area contributed by atoms with Gasteiger partial charge in [-0.3, -0.25) is 0 Å². The molecule has 1 aromatic carbocycles. The predicted molar refractivity (Wildman–Crippen MR) is 85.7 cm³/mol. The third kappa shape index (κ3) is 2.40. The summed E-state index contributed by atoms with van der Waals surface area (Å²) in [5, 5.41) is 0. The summed E-state index contributed by atoms with van der Waals surface area (Å²) in [6.07, 6.45) is 1.80. The van der Waals surface area contributed by atoms with Gasteiger partial charge in [0, 0.05) is 12.1 Å². The number of aromatic nitrogens is 2. The van der Waals surface area contributed by atoms with Crippen molar-refractivity contribution in [1.29, 1.82) is 0 Å². The Bertz CT molecular complexity index is 709. The number of rotatable bonds is 3. The van der Waals surface area contributed by atoms with Crippen LogP contribution in [-0.4, -0.2) is 22.8 Å². The quantitative estimate of drug-likeness (QED) is 0.864. The second-order valence-corrected chi connectivity index (χ2v) is 5.63. The number of allylic oxidation sites excluding steroid dienone is 1. The van der Waals surface area contributed by atoms with Gasteiger partial charge in [0.05, 0.1) is 4.47 Å². The van der Waals surface area contributed by atoms with Crippen LogP contribution in [0.2, 0.25) is 0 Å². The van der Waals surface area contributed by atoms with E-state index in [1.807, 2.05) is 23.6 Å². The molecular formula is C15H16BrN3O2. The van der Waals surface area contributed by atoms with Gasteiger partial charge in [-0.25, -0.2) is 4.98 Å². The molecule has 0 unspecified atom stereocenters. The van der Waals surface area contributed by atoms with E-state index in [2.05, 4.69) is 27.5 Å². The number of fused-ring (bicyclic) bond motifs is 1. The lowest BCUT2D eigenvalue weighted by Crippen LogP contribution is -2.15. The minimum Gasteiger partial charge on any atom is -0.486 e. The minimum atomic E-state index is 0.544. The zero-order valence-corrected chi connectivity index (χ0v) is 13.3. The van der Waals surface area contributed by atoms with Gasteiger partial charge in [-0.2, -0.15) is 0 Å². The Morgan fingerprint density at radius 1 is 1.43 bits per heavy atom. The summed E-state index contributed by atoms with van der Waals surface area (Å²) >= 11 is 3.51. The molecule has 0 saturated carbocycles. The lowest BCUT2D eigenvalue weighted by molar-refractivity contribution is 0.170. The zero-order chi connectivity index (χ0) is 15.0. The molecule has 21 heavy (non-hydrogen) atoms. The molecule has 0 amide bonds. The fourth-order valence-corrected chi connectivity index (χ4v) is 2.96. The van der Waals surface area contributed by atoms with E-state index in [0.29, 0.717) is 31.3 Å². The molecule has 1 aliphatic rings. The average molecular weight is 350 g/mol. The second kappa shape index (κ2) is 5.44. The van der Waals surface area contributed by atoms with Crippen molar-refractivity contribution in [2.75, 3.05) is 18.9 Å². The van der Waals surface area contributed by atoms with Crippen LogP contribution in [0.1, 0.15) is 5.82 Å². The molecule has 1 aromatic heterocycles. The Morgan fingerprint density at radius 3 is 2.95 bits per heavy atom. The highest BCUT2D eigenvalue weighted by atomic mass is 79.9. The van der Waals surface area contributed by atoms with Gasteiger partial charge in [-0.15, -0.1) is 6.58 Å². The number of imidazole rings is 1. The van der Waals surface area contributed by atoms with Gasteiger partial charge in [-0.05, 0) is 35.0 Å². The summed E-state index contributed by atoms with van der Waals surface area (Å²) in [4.78, 5) is 4.56. The number of anilines is 1. The van der Waals surface area contributed by atoms with Crippen LogP contribution < -0.4 is 15.2 Å². The first kappa shape index (κ1) is 14.0. The number of nitrogen functional groups attached to an aromatic ring is 1. The van der Waals surface area contributed by atoms with Crippen LogP contribution in [0.5, 0.6) is 11.5 Å². The van der Waals surface area contributed by atoms with Gasteiger partial charge < -0.3 is 19.8 Å². The molecule has 1 aliphatic heterocycles. The van der Waals surface area contributed by atoms with E-state index in [-0.39, 0.29) is 0 Å². The Kier molecular flexibility index (Phi) is 3.63. The van der Waals surface area contributed by atoms with Crippen LogP contribution in [0.15, 0.2) is 29.3 Å². The van der Waals surface area contributed by atoms with Crippen molar-refractivity contribution >= 4 is 21.7 Å². The summed E-state index contributed by atoms with van der Waals surface area (Å²) in [5.41, 5.74) is 7.85. The van der Waals surface area contributed by atoms with Gasteiger partial charge in [-0.1, -0.05) is 6.08 Å². The molecule has 2 heterocycles. The molecule has 0 radical (unpaired) electrons. The first-order chi connectivity index (χ1) is 10.1. The highest BCUT2D eigenvalue weighted by Gasteiger charge is 2.20. The van der Waals surface area contributed by atoms with Crippen molar-refractivity contribution in [3.8, 4) is 22.8 Å². The molecular weight excluding hydrogens is 334 g/mol. The minimum absolute atomic E-state index is 0.544. The smallest absolute Gasteiger partial charge is 0.175 e. The second-order valence-electron chi connectivity index (χ2n) is 4.77. The number of nitrogens with zero attached hydrogens (tertiary/aromatic N) is 2. The molecule has 2 aromatic rings. The molecule has 0 aliphatic carbocycles. The Balaban J connectivity index is 2.11. The monoisotopic (exact) mass is 349 g/mol. The standard InChI is InChI=1S/C15H16BrN3O2/c1-3-4-19-9(2)18-13(15(19)17)10-7-11(16)14-12(8-10)20-5-6-21-14/h3,7-8H,1,4-6,17H2,2H3. The predicted octanol–water partition coefficient (Wildman–Crippen LogP) is 3.16. The maximum atomic E-state index is 6.21. The number of ether oxygens (including phenoxy) is 2. The number of benzene rings is 1. The lowest BCUT2D eigenvalue weighted by atomic mass is 10.1. The lowest BCUT2D eigenvalue weighted by Gasteiger charge is -2.20. The van der Waals surface area contributed by atoms with Crippen LogP contribution in [0, 0.1) is 6.92 Å². The van der Waals surface area contributed by atoms with Crippen molar-refractivity contribution < 1.29 is 9.47 Å². The van der Waals surface area contributed by atoms with Gasteiger partial charge in [0.25, 0.3) is 0 Å². The number of hydrogen-bond acceptors (Lipinski definition) is 4. The van der Waals surface area contributed by atoms with Gasteiger partial charge >= 0.3 is 0 Å². The van der Waals surface area contributed by atoms with Crippen molar-refractivity contribution in [1.82, 2.24) is 9.55 Å². The number of aryl methyl sites for hydroxylation is 1. The summed E-state index contributed by atoms with van der Waals surface area (Å²) < 4.78 is 14.0. The van der Waals surface area contributed by atoms with Crippen molar-refractivity contribution in [2.24, 2.45) is 0 Å². The fourth-order valence-electron chi connectivity index (χ4n) is 2.40. The van der Waals surface area contributed by atoms with Crippen LogP contribution in [0.3, 0.4) is 0 Å². The molecule has 0 bridgehead atoms. The summed E-state index contributed by atoms with van der Waals surface area (Å²) in [5.74, 6) is 2.91. The molecule has 3 rings (SSSR count). The topological polar surface area (TPSA) is 62.3 Å². The number of hydrogen-bond donors (Lipinski definition) is 1. The van der Waals surface area contributed by atoms with Gasteiger partial charge in [0.2, 0.25) is 0 Å². The molecule has 0 saturated heterocycles. The first-order valence-corrected chi connectivity index (χ1v) is 7.44. The van der Waals surface area contributed by atoms with E-state index >= 15 is 0 Å². The average Bonchev–Trinajstić information content (AvgIpc) is 2.76. The Morgan fingerprint density at radius 2 is 2.19 bits per heavy atom. The van der Waals surface area contributed by atoms with Crippen molar-refractivity contribution in [2.45, 2.75) is 13.5 Å². The van der Waals surface area contributed by atoms with E-state index in [4.69, 9.17) is 15.2 Å². The fraction of sp³-hybridized carbons (Fsp3) is 0.267. The molecule has 0 spiro atoms. The SMILES string of the molecule is C=CCn1c(C)nc(-c2cc(Br)c3c(c2)OCCO3)c1N. The van der Waals surface area contributed by atoms with Crippen LogP contribution in [0.25, 0.3) is 11.3 Å². The van der Waals surface area contributed by atoms with E-state index < -0.39 is 0 Å². The molecule has 0 fully saturated rings. The van der Waals surface area contributed by atoms with E-state index in [1.165, 1.54) is 0 Å². The van der Waals surface area contributed by atoms with E-state index in [1.54, 1.807) is 6.08 Å². The molecule has 110 valence electrons. The summed E-state index contributed by atoms with van der Waals surface area (Å²) in [7, 11) is 0. The summed E-state index contributed by atoms with van der Waals surface area (Å²) in [6.45, 7) is 7.41. The molecule has 6 heteroatoms. The van der Waals surface area contributed by atoms with Crippen LogP contribution in [0.4, 0.5) is 5.82 Å². The number of halogens is 1. The van der Waals surface area contributed by atoms with Crippen LogP contribution in [-0.2, 0) is 6.54 Å². The van der Waals surface area contributed by atoms with E-state index in [9.17, 15) is 0 Å².